The van der Waals surface area contributed by atoms with Gasteiger partial charge in [-0.25, -0.2) is 0 Å². The Hall–Kier alpha value is -2.15. The van der Waals surface area contributed by atoms with E-state index < -0.39 is 5.41 Å². The molecule has 0 amide bonds. The van der Waals surface area contributed by atoms with Gasteiger partial charge in [0.15, 0.2) is 0 Å². The Balaban J connectivity index is 1.59. The third-order valence-electron chi connectivity index (χ3n) is 6.13. The lowest BCUT2D eigenvalue weighted by Crippen LogP contribution is -2.39. The highest BCUT2D eigenvalue weighted by molar-refractivity contribution is 5.45. The van der Waals surface area contributed by atoms with E-state index in [2.05, 4.69) is 35.2 Å². The summed E-state index contributed by atoms with van der Waals surface area (Å²) in [4.78, 5) is 2.43. The van der Waals surface area contributed by atoms with Crippen LogP contribution in [0.15, 0.2) is 60.7 Å². The van der Waals surface area contributed by atoms with Gasteiger partial charge in [-0.1, -0.05) is 60.7 Å². The van der Waals surface area contributed by atoms with Crippen LogP contribution in [0.5, 0.6) is 0 Å². The summed E-state index contributed by atoms with van der Waals surface area (Å²) < 4.78 is 0. The maximum absolute atomic E-state index is 10.2. The van der Waals surface area contributed by atoms with E-state index in [1.54, 1.807) is 0 Å². The Bertz CT molecular complexity index is 713. The standard InChI is InChI=1S/C22H24N2O/c23-16-22(18-7-3-1-4-8-18,19-9-5-2-6-10-19)11-12-24-14-17-13-21(25)20(17)15-24/h1-10,17,20-21,25H,11-15H2/t17-,20+,21+/m1/s1. The highest BCUT2D eigenvalue weighted by Crippen LogP contribution is 2.42. The topological polar surface area (TPSA) is 47.3 Å². The molecule has 2 aliphatic rings. The van der Waals surface area contributed by atoms with E-state index in [9.17, 15) is 10.4 Å². The molecule has 1 aliphatic carbocycles. The lowest BCUT2D eigenvalue weighted by Gasteiger charge is -2.35. The van der Waals surface area contributed by atoms with Crippen molar-refractivity contribution in [3.8, 4) is 6.07 Å². The number of aliphatic hydroxyl groups is 1. The van der Waals surface area contributed by atoms with Crippen LogP contribution in [0.3, 0.4) is 0 Å². The van der Waals surface area contributed by atoms with Gasteiger partial charge in [0.25, 0.3) is 0 Å². The molecule has 128 valence electrons. The van der Waals surface area contributed by atoms with E-state index in [1.165, 1.54) is 0 Å². The molecule has 2 aromatic carbocycles. The molecule has 2 fully saturated rings. The zero-order valence-corrected chi connectivity index (χ0v) is 14.4. The summed E-state index contributed by atoms with van der Waals surface area (Å²) in [6.45, 7) is 2.92. The molecular weight excluding hydrogens is 308 g/mol. The van der Waals surface area contributed by atoms with Crippen molar-refractivity contribution in [2.75, 3.05) is 19.6 Å². The van der Waals surface area contributed by atoms with Gasteiger partial charge in [0, 0.05) is 25.6 Å². The Morgan fingerprint density at radius 1 is 1.00 bits per heavy atom. The van der Waals surface area contributed by atoms with Gasteiger partial charge >= 0.3 is 0 Å². The molecular formula is C22H24N2O. The molecule has 1 aliphatic heterocycles. The summed E-state index contributed by atoms with van der Waals surface area (Å²) in [7, 11) is 0. The molecule has 3 heteroatoms. The van der Waals surface area contributed by atoms with Crippen LogP contribution in [0.4, 0.5) is 0 Å². The smallest absolute Gasteiger partial charge is 0.108 e. The minimum absolute atomic E-state index is 0.112. The van der Waals surface area contributed by atoms with Crippen molar-refractivity contribution in [3.63, 3.8) is 0 Å². The van der Waals surface area contributed by atoms with Crippen molar-refractivity contribution in [2.24, 2.45) is 11.8 Å². The lowest BCUT2D eigenvalue weighted by molar-refractivity contribution is -0.00433. The molecule has 0 bridgehead atoms. The van der Waals surface area contributed by atoms with Gasteiger partial charge in [-0.05, 0) is 29.9 Å². The predicted molar refractivity (Wildman–Crippen MR) is 97.9 cm³/mol. The van der Waals surface area contributed by atoms with Gasteiger partial charge in [-0.2, -0.15) is 5.26 Å². The minimum Gasteiger partial charge on any atom is -0.393 e. The fourth-order valence-corrected chi connectivity index (χ4v) is 4.56. The van der Waals surface area contributed by atoms with Gasteiger partial charge in [0.2, 0.25) is 0 Å². The monoisotopic (exact) mass is 332 g/mol. The lowest BCUT2D eigenvalue weighted by atomic mass is 9.73. The summed E-state index contributed by atoms with van der Waals surface area (Å²) >= 11 is 0. The van der Waals surface area contributed by atoms with Crippen molar-refractivity contribution < 1.29 is 5.11 Å². The van der Waals surface area contributed by atoms with E-state index in [1.807, 2.05) is 36.4 Å². The Labute approximate surface area is 149 Å². The molecule has 1 heterocycles. The first-order chi connectivity index (χ1) is 12.2. The molecule has 0 unspecified atom stereocenters. The molecule has 2 aromatic rings. The summed E-state index contributed by atoms with van der Waals surface area (Å²) in [6.07, 6.45) is 1.61. The summed E-state index contributed by atoms with van der Waals surface area (Å²) in [6, 6.07) is 22.9. The van der Waals surface area contributed by atoms with Crippen molar-refractivity contribution >= 4 is 0 Å². The highest BCUT2D eigenvalue weighted by Gasteiger charge is 2.46. The number of likely N-dealkylation sites (tertiary alicyclic amines) is 1. The van der Waals surface area contributed by atoms with Gasteiger partial charge in [-0.3, -0.25) is 0 Å². The van der Waals surface area contributed by atoms with Gasteiger partial charge in [0.05, 0.1) is 12.2 Å². The normalized spacial score (nSPS) is 25.8. The second-order valence-corrected chi connectivity index (χ2v) is 7.49. The fourth-order valence-electron chi connectivity index (χ4n) is 4.56. The maximum Gasteiger partial charge on any atom is 0.108 e. The Morgan fingerprint density at radius 2 is 1.60 bits per heavy atom. The molecule has 25 heavy (non-hydrogen) atoms. The summed E-state index contributed by atoms with van der Waals surface area (Å²) in [5.41, 5.74) is 1.50. The van der Waals surface area contributed by atoms with E-state index in [-0.39, 0.29) is 6.10 Å². The summed E-state index contributed by atoms with van der Waals surface area (Å²) in [5, 5.41) is 20.1. The predicted octanol–water partition coefficient (Wildman–Crippen LogP) is 3.20. The molecule has 0 aromatic heterocycles. The fraction of sp³-hybridized carbons (Fsp3) is 0.409. The van der Waals surface area contributed by atoms with Crippen LogP contribution < -0.4 is 0 Å². The van der Waals surface area contributed by atoms with Crippen molar-refractivity contribution in [1.29, 1.82) is 5.26 Å². The molecule has 1 N–H and O–H groups in total. The molecule has 1 saturated heterocycles. The van der Waals surface area contributed by atoms with Crippen molar-refractivity contribution in [2.45, 2.75) is 24.4 Å². The first kappa shape index (κ1) is 16.3. The first-order valence-corrected chi connectivity index (χ1v) is 9.16. The number of rotatable bonds is 5. The van der Waals surface area contributed by atoms with E-state index in [0.717, 1.165) is 43.6 Å². The molecule has 3 nitrogen and oxygen atoms in total. The van der Waals surface area contributed by atoms with E-state index in [0.29, 0.717) is 11.8 Å². The Kier molecular flexibility index (Phi) is 4.33. The van der Waals surface area contributed by atoms with Gasteiger partial charge < -0.3 is 10.0 Å². The second-order valence-electron chi connectivity index (χ2n) is 7.49. The molecule has 0 spiro atoms. The second kappa shape index (κ2) is 6.63. The van der Waals surface area contributed by atoms with Gasteiger partial charge in [0.1, 0.15) is 5.41 Å². The number of fused-ring (bicyclic) bond motifs is 1. The largest absolute Gasteiger partial charge is 0.393 e. The molecule has 4 rings (SSSR count). The SMILES string of the molecule is N#CC(CCN1C[C@H]2C[C@H](O)[C@H]2C1)(c1ccccc1)c1ccccc1. The third-order valence-corrected chi connectivity index (χ3v) is 6.13. The number of benzene rings is 2. The minimum atomic E-state index is -0.622. The molecule has 1 saturated carbocycles. The van der Waals surface area contributed by atoms with Crippen LogP contribution in [0.25, 0.3) is 0 Å². The van der Waals surface area contributed by atoms with Crippen LogP contribution in [0.1, 0.15) is 24.0 Å². The van der Waals surface area contributed by atoms with Crippen LogP contribution in [0.2, 0.25) is 0 Å². The van der Waals surface area contributed by atoms with Crippen LogP contribution in [-0.2, 0) is 5.41 Å². The van der Waals surface area contributed by atoms with E-state index >= 15 is 0 Å². The number of hydrogen-bond acceptors (Lipinski definition) is 3. The Morgan fingerprint density at radius 3 is 2.08 bits per heavy atom. The number of nitrogens with zero attached hydrogens (tertiary/aromatic N) is 2. The van der Waals surface area contributed by atoms with Crippen LogP contribution >= 0.6 is 0 Å². The van der Waals surface area contributed by atoms with Gasteiger partial charge in [-0.15, -0.1) is 0 Å². The average Bonchev–Trinajstić information content (AvgIpc) is 3.01. The molecule has 3 atom stereocenters. The summed E-state index contributed by atoms with van der Waals surface area (Å²) in [5.74, 6) is 1.10. The maximum atomic E-state index is 10.2. The van der Waals surface area contributed by atoms with Crippen LogP contribution in [0, 0.1) is 23.2 Å². The third kappa shape index (κ3) is 2.86. The number of hydrogen-bond donors (Lipinski definition) is 1. The van der Waals surface area contributed by atoms with Crippen LogP contribution in [-0.4, -0.2) is 35.7 Å². The quantitative estimate of drug-likeness (QED) is 0.915. The zero-order valence-electron chi connectivity index (χ0n) is 14.4. The van der Waals surface area contributed by atoms with E-state index in [4.69, 9.17) is 0 Å². The zero-order chi connectivity index (χ0) is 17.3. The van der Waals surface area contributed by atoms with Crippen molar-refractivity contribution in [1.82, 2.24) is 4.90 Å². The first-order valence-electron chi connectivity index (χ1n) is 9.16. The average molecular weight is 332 g/mol. The van der Waals surface area contributed by atoms with Crippen molar-refractivity contribution in [3.05, 3.63) is 71.8 Å². The highest BCUT2D eigenvalue weighted by atomic mass is 16.3. The molecule has 0 radical (unpaired) electrons. The number of nitriles is 1. The number of aliphatic hydroxyl groups excluding tert-OH is 1.